The van der Waals surface area contributed by atoms with Crippen molar-refractivity contribution in [3.63, 3.8) is 0 Å². The van der Waals surface area contributed by atoms with Gasteiger partial charge in [0.2, 0.25) is 0 Å². The molecule has 2 aromatic rings. The normalized spacial score (nSPS) is 13.7. The molecule has 1 aromatic heterocycles. The predicted molar refractivity (Wildman–Crippen MR) is 70.3 cm³/mol. The number of methoxy groups -OCH3 is 2. The summed E-state index contributed by atoms with van der Waals surface area (Å²) in [5, 5.41) is 0.756. The van der Waals surface area contributed by atoms with E-state index in [0.717, 1.165) is 5.39 Å². The van der Waals surface area contributed by atoms with Gasteiger partial charge in [0.15, 0.2) is 5.78 Å². The largest absolute Gasteiger partial charge is 0.496 e. The lowest BCUT2D eigenvalue weighted by Gasteiger charge is -2.21. The third-order valence-corrected chi connectivity index (χ3v) is 3.48. The highest BCUT2D eigenvalue weighted by Crippen LogP contribution is 2.37. The molecule has 19 heavy (non-hydrogen) atoms. The Morgan fingerprint density at radius 3 is 2.53 bits per heavy atom. The highest BCUT2D eigenvalue weighted by Gasteiger charge is 2.26. The Bertz CT molecular complexity index is 745. The molecule has 2 heterocycles. The summed E-state index contributed by atoms with van der Waals surface area (Å²) in [7, 11) is 3.06. The van der Waals surface area contributed by atoms with E-state index in [-0.39, 0.29) is 11.3 Å². The number of ketones is 1. The topological polar surface area (TPSA) is 57.5 Å². The molecule has 5 heteroatoms. The van der Waals surface area contributed by atoms with Crippen molar-refractivity contribution in [2.45, 2.75) is 13.0 Å². The van der Waals surface area contributed by atoms with Crippen molar-refractivity contribution in [2.24, 2.45) is 0 Å². The number of nitrogens with zero attached hydrogens (tertiary/aromatic N) is 1. The number of hydrogen-bond donors (Lipinski definition) is 0. The maximum absolute atomic E-state index is 12.1. The molecule has 0 saturated heterocycles. The molecular weight excluding hydrogens is 246 g/mol. The number of aromatic nitrogens is 1. The lowest BCUT2D eigenvalue weighted by atomic mass is 9.98. The smallest absolute Gasteiger partial charge is 0.251 e. The van der Waals surface area contributed by atoms with Crippen LogP contribution in [0, 0.1) is 0 Å². The molecule has 0 bridgehead atoms. The number of rotatable bonds is 2. The van der Waals surface area contributed by atoms with E-state index in [2.05, 4.69) is 0 Å². The minimum absolute atomic E-state index is 0.00453. The first-order valence-corrected chi connectivity index (χ1v) is 5.99. The van der Waals surface area contributed by atoms with E-state index in [0.29, 0.717) is 35.5 Å². The van der Waals surface area contributed by atoms with Crippen LogP contribution in [0.3, 0.4) is 0 Å². The van der Waals surface area contributed by atoms with E-state index < -0.39 is 0 Å². The number of hydrogen-bond acceptors (Lipinski definition) is 4. The molecule has 1 aliphatic heterocycles. The van der Waals surface area contributed by atoms with Crippen LogP contribution in [0.4, 0.5) is 0 Å². The number of carbonyl (C=O) groups excluding carboxylic acids is 1. The van der Waals surface area contributed by atoms with Gasteiger partial charge >= 0.3 is 0 Å². The van der Waals surface area contributed by atoms with Gasteiger partial charge in [0.25, 0.3) is 5.56 Å². The third-order valence-electron chi connectivity index (χ3n) is 3.48. The lowest BCUT2D eigenvalue weighted by Crippen LogP contribution is -2.26. The van der Waals surface area contributed by atoms with Gasteiger partial charge < -0.3 is 14.0 Å². The molecule has 0 saturated carbocycles. The number of benzene rings is 1. The van der Waals surface area contributed by atoms with Crippen LogP contribution in [0.25, 0.3) is 10.9 Å². The summed E-state index contributed by atoms with van der Waals surface area (Å²) in [4.78, 5) is 24.1. The van der Waals surface area contributed by atoms with E-state index >= 15 is 0 Å². The summed E-state index contributed by atoms with van der Waals surface area (Å²) in [6.07, 6.45) is 0.314. The van der Waals surface area contributed by atoms with E-state index in [1.165, 1.54) is 13.2 Å². The van der Waals surface area contributed by atoms with Crippen LogP contribution in [-0.4, -0.2) is 24.6 Å². The van der Waals surface area contributed by atoms with E-state index in [9.17, 15) is 9.59 Å². The van der Waals surface area contributed by atoms with Crippen LogP contribution in [-0.2, 0) is 6.54 Å². The molecule has 1 aliphatic rings. The van der Waals surface area contributed by atoms with Crippen LogP contribution >= 0.6 is 0 Å². The zero-order chi connectivity index (χ0) is 13.6. The first-order chi connectivity index (χ1) is 9.17. The van der Waals surface area contributed by atoms with E-state index in [1.807, 2.05) is 0 Å². The molecule has 98 valence electrons. The fraction of sp³-hybridized carbons (Fsp3) is 0.286. The zero-order valence-electron chi connectivity index (χ0n) is 10.7. The fourth-order valence-electron chi connectivity index (χ4n) is 2.59. The number of carbonyl (C=O) groups is 1. The van der Waals surface area contributed by atoms with Gasteiger partial charge in [-0.15, -0.1) is 0 Å². The quantitative estimate of drug-likeness (QED) is 0.822. The second-order valence-electron chi connectivity index (χ2n) is 4.41. The number of ether oxygens (including phenoxy) is 2. The Labute approximate surface area is 109 Å². The molecular formula is C14H13NO4. The molecule has 0 spiro atoms. The molecule has 1 aromatic carbocycles. The second-order valence-corrected chi connectivity index (χ2v) is 4.41. The Morgan fingerprint density at radius 1 is 1.11 bits per heavy atom. The van der Waals surface area contributed by atoms with Crippen molar-refractivity contribution in [3.8, 4) is 11.5 Å². The summed E-state index contributed by atoms with van der Waals surface area (Å²) in [5.41, 5.74) is 0.971. The van der Waals surface area contributed by atoms with E-state index in [1.54, 1.807) is 23.8 Å². The second kappa shape index (κ2) is 4.12. The highest BCUT2D eigenvalue weighted by molar-refractivity contribution is 6.11. The lowest BCUT2D eigenvalue weighted by molar-refractivity contribution is 0.0969. The predicted octanol–water partition coefficient (Wildman–Crippen LogP) is 1.61. The average Bonchev–Trinajstić information content (AvgIpc) is 2.43. The summed E-state index contributed by atoms with van der Waals surface area (Å²) in [6, 6.07) is 4.88. The van der Waals surface area contributed by atoms with Gasteiger partial charge in [-0.1, -0.05) is 0 Å². The molecule has 0 radical (unpaired) electrons. The summed E-state index contributed by atoms with van der Waals surface area (Å²) in [6.45, 7) is 0.401. The Morgan fingerprint density at radius 2 is 1.84 bits per heavy atom. The van der Waals surface area contributed by atoms with Gasteiger partial charge in [0.1, 0.15) is 11.5 Å². The molecule has 0 aliphatic carbocycles. The zero-order valence-corrected chi connectivity index (χ0v) is 10.7. The summed E-state index contributed by atoms with van der Waals surface area (Å²) in [5.74, 6) is 1.04. The molecule has 0 atom stereocenters. The van der Waals surface area contributed by atoms with E-state index in [4.69, 9.17) is 9.47 Å². The van der Waals surface area contributed by atoms with Crippen LogP contribution in [0.1, 0.15) is 16.8 Å². The molecule has 0 amide bonds. The minimum atomic E-state index is -0.114. The van der Waals surface area contributed by atoms with Crippen LogP contribution in [0.5, 0.6) is 11.5 Å². The monoisotopic (exact) mass is 259 g/mol. The Hall–Kier alpha value is -2.30. The van der Waals surface area contributed by atoms with Gasteiger partial charge in [0.05, 0.1) is 25.3 Å². The van der Waals surface area contributed by atoms with Crippen molar-refractivity contribution in [3.05, 3.63) is 34.1 Å². The first kappa shape index (κ1) is 11.8. The average molecular weight is 259 g/mol. The van der Waals surface area contributed by atoms with Crippen LogP contribution in [0.2, 0.25) is 0 Å². The first-order valence-electron chi connectivity index (χ1n) is 5.99. The number of pyridine rings is 1. The maximum Gasteiger partial charge on any atom is 0.251 e. The SMILES string of the molecule is COc1cc(OC)c2ccc(=O)n3c2c1C(=O)CC3. The van der Waals surface area contributed by atoms with Crippen molar-refractivity contribution >= 4 is 16.7 Å². The van der Waals surface area contributed by atoms with Gasteiger partial charge in [-0.2, -0.15) is 0 Å². The molecule has 3 rings (SSSR count). The number of aryl methyl sites for hydroxylation is 1. The maximum atomic E-state index is 12.1. The molecule has 0 fully saturated rings. The van der Waals surface area contributed by atoms with Crippen molar-refractivity contribution < 1.29 is 14.3 Å². The summed E-state index contributed by atoms with van der Waals surface area (Å²) >= 11 is 0. The van der Waals surface area contributed by atoms with Gasteiger partial charge in [-0.3, -0.25) is 9.59 Å². The molecule has 5 nitrogen and oxygen atoms in total. The van der Waals surface area contributed by atoms with Gasteiger partial charge in [0, 0.05) is 30.5 Å². The van der Waals surface area contributed by atoms with Gasteiger partial charge in [-0.25, -0.2) is 0 Å². The van der Waals surface area contributed by atoms with Crippen molar-refractivity contribution in [1.29, 1.82) is 0 Å². The minimum Gasteiger partial charge on any atom is -0.496 e. The Kier molecular flexibility index (Phi) is 2.55. The third kappa shape index (κ3) is 1.54. The molecule has 0 unspecified atom stereocenters. The fourth-order valence-corrected chi connectivity index (χ4v) is 2.59. The van der Waals surface area contributed by atoms with Crippen LogP contribution < -0.4 is 15.0 Å². The highest BCUT2D eigenvalue weighted by atomic mass is 16.5. The summed E-state index contributed by atoms with van der Waals surface area (Å²) < 4.78 is 12.2. The van der Waals surface area contributed by atoms with Crippen molar-refractivity contribution in [1.82, 2.24) is 4.57 Å². The number of Topliss-reactive ketones (excluding diaryl/α,β-unsaturated/α-hetero) is 1. The van der Waals surface area contributed by atoms with Gasteiger partial charge in [-0.05, 0) is 6.07 Å². The standard InChI is InChI=1S/C14H13NO4/c1-18-10-7-11(19-2)13-9(16)5-6-15-12(17)4-3-8(10)14(13)15/h3-4,7H,5-6H2,1-2H3. The van der Waals surface area contributed by atoms with Crippen LogP contribution in [0.15, 0.2) is 23.0 Å². The Balaban J connectivity index is 2.56. The van der Waals surface area contributed by atoms with Crippen molar-refractivity contribution in [2.75, 3.05) is 14.2 Å². The molecule has 0 N–H and O–H groups in total.